The van der Waals surface area contributed by atoms with Crippen molar-refractivity contribution in [2.75, 3.05) is 26.0 Å². The van der Waals surface area contributed by atoms with Crippen molar-refractivity contribution >= 4 is 11.8 Å². The number of para-hydroxylation sites is 1. The number of thioether (sulfide) groups is 1. The molecule has 1 fully saturated rings. The van der Waals surface area contributed by atoms with E-state index in [1.165, 1.54) is 4.90 Å². The normalized spacial score (nSPS) is 21.9. The smallest absolute Gasteiger partial charge is 0.132 e. The fourth-order valence-electron chi connectivity index (χ4n) is 2.51. The topological polar surface area (TPSA) is 30.5 Å². The lowest BCUT2D eigenvalue weighted by Crippen LogP contribution is -2.30. The molecule has 3 nitrogen and oxygen atoms in total. The predicted octanol–water partition coefficient (Wildman–Crippen LogP) is 3.58. The summed E-state index contributed by atoms with van der Waals surface area (Å²) in [6.45, 7) is 7.11. The molecule has 0 aromatic heterocycles. The Hall–Kier alpha value is -0.710. The molecular weight excluding hydrogens is 282 g/mol. The first-order valence-electron chi connectivity index (χ1n) is 7.81. The highest BCUT2D eigenvalue weighted by molar-refractivity contribution is 7.98. The van der Waals surface area contributed by atoms with Gasteiger partial charge in [0.15, 0.2) is 0 Å². The molecule has 0 amide bonds. The minimum absolute atomic E-state index is 0.228. The average Bonchev–Trinajstić information content (AvgIpc) is 2.93. The Morgan fingerprint density at radius 3 is 2.81 bits per heavy atom. The zero-order valence-corrected chi connectivity index (χ0v) is 14.1. The second kappa shape index (κ2) is 8.66. The zero-order chi connectivity index (χ0) is 15.1. The van der Waals surface area contributed by atoms with Crippen LogP contribution in [0.3, 0.4) is 0 Å². The van der Waals surface area contributed by atoms with Gasteiger partial charge >= 0.3 is 0 Å². The van der Waals surface area contributed by atoms with Crippen LogP contribution in [0.1, 0.15) is 26.7 Å². The molecule has 0 spiro atoms. The molecule has 2 rings (SSSR count). The van der Waals surface area contributed by atoms with Gasteiger partial charge in [0.25, 0.3) is 0 Å². The van der Waals surface area contributed by atoms with Crippen LogP contribution in [-0.2, 0) is 4.74 Å². The Bertz CT molecular complexity index is 425. The Morgan fingerprint density at radius 1 is 1.29 bits per heavy atom. The zero-order valence-electron chi connectivity index (χ0n) is 13.3. The van der Waals surface area contributed by atoms with Crippen LogP contribution in [0, 0.1) is 5.92 Å². The molecule has 1 aliphatic rings. The number of benzene rings is 1. The van der Waals surface area contributed by atoms with Crippen LogP contribution < -0.4 is 10.1 Å². The lowest BCUT2D eigenvalue weighted by molar-refractivity contribution is 0.0178. The highest BCUT2D eigenvalue weighted by atomic mass is 32.2. The van der Waals surface area contributed by atoms with Crippen molar-refractivity contribution in [1.82, 2.24) is 5.32 Å². The quantitative estimate of drug-likeness (QED) is 0.744. The van der Waals surface area contributed by atoms with Gasteiger partial charge in [0.1, 0.15) is 12.4 Å². The molecule has 1 aromatic carbocycles. The third kappa shape index (κ3) is 5.53. The summed E-state index contributed by atoms with van der Waals surface area (Å²) in [7, 11) is 0. The van der Waals surface area contributed by atoms with Crippen LogP contribution in [0.15, 0.2) is 29.2 Å². The summed E-state index contributed by atoms with van der Waals surface area (Å²) >= 11 is 1.72. The Labute approximate surface area is 132 Å². The van der Waals surface area contributed by atoms with Crippen molar-refractivity contribution in [2.45, 2.75) is 43.8 Å². The molecule has 118 valence electrons. The summed E-state index contributed by atoms with van der Waals surface area (Å²) in [5.41, 5.74) is 0. The van der Waals surface area contributed by atoms with Crippen LogP contribution in [0.4, 0.5) is 0 Å². The fraction of sp³-hybridized carbons (Fsp3) is 0.647. The van der Waals surface area contributed by atoms with Crippen molar-refractivity contribution in [3.8, 4) is 5.75 Å². The Kier molecular flexibility index (Phi) is 6.87. The van der Waals surface area contributed by atoms with Crippen LogP contribution >= 0.6 is 11.8 Å². The third-order valence-electron chi connectivity index (χ3n) is 3.61. The maximum absolute atomic E-state index is 6.04. The maximum atomic E-state index is 6.04. The van der Waals surface area contributed by atoms with Crippen LogP contribution in [0.25, 0.3) is 0 Å². The van der Waals surface area contributed by atoms with Crippen molar-refractivity contribution in [3.05, 3.63) is 24.3 Å². The predicted molar refractivity (Wildman–Crippen MR) is 89.3 cm³/mol. The molecule has 1 aromatic rings. The molecule has 1 N–H and O–H groups in total. The summed E-state index contributed by atoms with van der Waals surface area (Å²) < 4.78 is 12.0. The minimum atomic E-state index is 0.228. The highest BCUT2D eigenvalue weighted by Gasteiger charge is 2.25. The molecule has 0 bridgehead atoms. The number of ether oxygens (including phenoxy) is 2. The molecule has 0 radical (unpaired) electrons. The second-order valence-corrected chi connectivity index (χ2v) is 6.82. The van der Waals surface area contributed by atoms with Crippen LogP contribution in [-0.4, -0.2) is 38.2 Å². The van der Waals surface area contributed by atoms with Gasteiger partial charge in [0.2, 0.25) is 0 Å². The van der Waals surface area contributed by atoms with E-state index in [-0.39, 0.29) is 6.10 Å². The Morgan fingerprint density at radius 2 is 2.05 bits per heavy atom. The second-order valence-electron chi connectivity index (χ2n) is 5.97. The first kappa shape index (κ1) is 16.7. The maximum Gasteiger partial charge on any atom is 0.132 e. The monoisotopic (exact) mass is 309 g/mol. The number of rotatable bonds is 8. The van der Waals surface area contributed by atoms with E-state index in [1.807, 2.05) is 18.2 Å². The summed E-state index contributed by atoms with van der Waals surface area (Å²) in [5.74, 6) is 1.66. The SMILES string of the molecule is CSc1ccccc1OCC1CCC(CNCC(C)C)O1. The third-order valence-corrected chi connectivity index (χ3v) is 4.39. The molecule has 4 heteroatoms. The van der Waals surface area contributed by atoms with Gasteiger partial charge in [-0.3, -0.25) is 0 Å². The molecule has 1 saturated heterocycles. The van der Waals surface area contributed by atoms with Crippen molar-refractivity contribution in [2.24, 2.45) is 5.92 Å². The Balaban J connectivity index is 1.70. The first-order valence-corrected chi connectivity index (χ1v) is 9.03. The van der Waals surface area contributed by atoms with Crippen LogP contribution in [0.2, 0.25) is 0 Å². The van der Waals surface area contributed by atoms with Gasteiger partial charge in [-0.05, 0) is 43.7 Å². The average molecular weight is 309 g/mol. The lowest BCUT2D eigenvalue weighted by atomic mass is 10.2. The van der Waals surface area contributed by atoms with Gasteiger partial charge < -0.3 is 14.8 Å². The standard InChI is InChI=1S/C17H27NO2S/c1-13(2)10-18-11-14-8-9-15(20-14)12-19-16-6-4-5-7-17(16)21-3/h4-7,13-15,18H,8-12H2,1-3H3. The number of hydrogen-bond donors (Lipinski definition) is 1. The largest absolute Gasteiger partial charge is 0.490 e. The van der Waals surface area contributed by atoms with E-state index in [4.69, 9.17) is 9.47 Å². The van der Waals surface area contributed by atoms with Gasteiger partial charge in [0.05, 0.1) is 12.2 Å². The molecule has 0 aliphatic carbocycles. The number of nitrogens with one attached hydrogen (secondary N) is 1. The van der Waals surface area contributed by atoms with Crippen molar-refractivity contribution in [3.63, 3.8) is 0 Å². The van der Waals surface area contributed by atoms with E-state index in [9.17, 15) is 0 Å². The van der Waals surface area contributed by atoms with Gasteiger partial charge in [-0.1, -0.05) is 26.0 Å². The first-order chi connectivity index (χ1) is 10.2. The van der Waals surface area contributed by atoms with Crippen LogP contribution in [0.5, 0.6) is 5.75 Å². The van der Waals surface area contributed by atoms with Gasteiger partial charge in [-0.15, -0.1) is 11.8 Å². The molecular formula is C17H27NO2S. The van der Waals surface area contributed by atoms with E-state index < -0.39 is 0 Å². The van der Waals surface area contributed by atoms with Gasteiger partial charge in [-0.25, -0.2) is 0 Å². The summed E-state index contributed by atoms with van der Waals surface area (Å²) in [4.78, 5) is 1.19. The van der Waals surface area contributed by atoms with Crippen molar-refractivity contribution in [1.29, 1.82) is 0 Å². The molecule has 21 heavy (non-hydrogen) atoms. The van der Waals surface area contributed by atoms with Gasteiger partial charge in [-0.2, -0.15) is 0 Å². The van der Waals surface area contributed by atoms with Gasteiger partial charge in [0, 0.05) is 11.4 Å². The minimum Gasteiger partial charge on any atom is -0.490 e. The summed E-state index contributed by atoms with van der Waals surface area (Å²) in [5, 5.41) is 3.47. The molecule has 1 aliphatic heterocycles. The van der Waals surface area contributed by atoms with E-state index in [0.717, 1.165) is 31.7 Å². The summed E-state index contributed by atoms with van der Waals surface area (Å²) in [6, 6.07) is 8.18. The number of hydrogen-bond acceptors (Lipinski definition) is 4. The van der Waals surface area contributed by atoms with Crippen molar-refractivity contribution < 1.29 is 9.47 Å². The molecule has 0 saturated carbocycles. The van der Waals surface area contributed by atoms with E-state index in [2.05, 4.69) is 31.5 Å². The molecule has 2 atom stereocenters. The summed E-state index contributed by atoms with van der Waals surface area (Å²) in [6.07, 6.45) is 4.86. The molecule has 2 unspecified atom stereocenters. The van der Waals surface area contributed by atoms with E-state index in [0.29, 0.717) is 18.6 Å². The van der Waals surface area contributed by atoms with E-state index >= 15 is 0 Å². The highest BCUT2D eigenvalue weighted by Crippen LogP contribution is 2.28. The fourth-order valence-corrected chi connectivity index (χ4v) is 3.05. The van der Waals surface area contributed by atoms with E-state index in [1.54, 1.807) is 11.8 Å². The molecule has 1 heterocycles. The lowest BCUT2D eigenvalue weighted by Gasteiger charge is -2.16.